The lowest BCUT2D eigenvalue weighted by molar-refractivity contribution is 0.0695. The number of H-pyrrole nitrogens is 1. The number of hydrogen-bond acceptors (Lipinski definition) is 5. The van der Waals surface area contributed by atoms with Gasteiger partial charge in [0.25, 0.3) is 5.56 Å². The van der Waals surface area contributed by atoms with Crippen molar-refractivity contribution >= 4 is 28.5 Å². The number of nitrogens with one attached hydrogen (secondary N) is 1. The molecule has 4 rings (SSSR count). The molecule has 0 bridgehead atoms. The van der Waals surface area contributed by atoms with Crippen molar-refractivity contribution in [1.82, 2.24) is 4.98 Å². The normalized spacial score (nSPS) is 10.8. The number of carboxylic acid groups (broad SMARTS) is 2. The van der Waals surface area contributed by atoms with Crippen LogP contribution in [0.5, 0.6) is 5.75 Å². The number of aromatic nitrogens is 1. The SMILES string of the molecule is Nc1[nH]c(=O)c(C(=O)O)c(-c2cccc(OCc3cccc4ccccc34)c2)c1C(=O)O. The summed E-state index contributed by atoms with van der Waals surface area (Å²) in [5, 5.41) is 21.2. The fourth-order valence-corrected chi connectivity index (χ4v) is 3.66. The molecule has 1 heterocycles. The van der Waals surface area contributed by atoms with E-state index in [1.807, 2.05) is 42.5 Å². The molecule has 0 spiro atoms. The lowest BCUT2D eigenvalue weighted by Gasteiger charge is -2.14. The van der Waals surface area contributed by atoms with E-state index in [9.17, 15) is 24.6 Å². The molecular formula is C24H18N2O6. The quantitative estimate of drug-likeness (QED) is 0.365. The van der Waals surface area contributed by atoms with E-state index in [0.717, 1.165) is 16.3 Å². The van der Waals surface area contributed by atoms with Crippen molar-refractivity contribution < 1.29 is 24.5 Å². The van der Waals surface area contributed by atoms with Gasteiger partial charge in [0.2, 0.25) is 0 Å². The minimum absolute atomic E-state index is 0.188. The smallest absolute Gasteiger partial charge is 0.342 e. The van der Waals surface area contributed by atoms with Crippen LogP contribution in [0.25, 0.3) is 21.9 Å². The van der Waals surface area contributed by atoms with Gasteiger partial charge >= 0.3 is 11.9 Å². The van der Waals surface area contributed by atoms with Crippen LogP contribution in [0.15, 0.2) is 71.5 Å². The molecule has 0 radical (unpaired) electrons. The van der Waals surface area contributed by atoms with Crippen LogP contribution in [0.1, 0.15) is 26.3 Å². The third-order valence-corrected chi connectivity index (χ3v) is 5.07. The molecule has 0 saturated carbocycles. The summed E-state index contributed by atoms with van der Waals surface area (Å²) in [5.41, 5.74) is 4.37. The molecule has 160 valence electrons. The second-order valence-corrected chi connectivity index (χ2v) is 7.06. The Morgan fingerprint density at radius 2 is 1.59 bits per heavy atom. The Hall–Kier alpha value is -4.59. The monoisotopic (exact) mass is 430 g/mol. The molecule has 3 aromatic carbocycles. The highest BCUT2D eigenvalue weighted by molar-refractivity contribution is 6.07. The largest absolute Gasteiger partial charge is 0.489 e. The number of rotatable bonds is 6. The van der Waals surface area contributed by atoms with Crippen LogP contribution < -0.4 is 16.0 Å². The van der Waals surface area contributed by atoms with Gasteiger partial charge in [-0.15, -0.1) is 0 Å². The van der Waals surface area contributed by atoms with E-state index >= 15 is 0 Å². The summed E-state index contributed by atoms with van der Waals surface area (Å²) >= 11 is 0. The number of aromatic carboxylic acids is 2. The Kier molecular flexibility index (Phi) is 5.34. The number of fused-ring (bicyclic) bond motifs is 1. The highest BCUT2D eigenvalue weighted by Crippen LogP contribution is 2.32. The van der Waals surface area contributed by atoms with Crippen molar-refractivity contribution in [2.75, 3.05) is 5.73 Å². The van der Waals surface area contributed by atoms with Crippen molar-refractivity contribution in [2.45, 2.75) is 6.61 Å². The number of nitrogen functional groups attached to an aromatic ring is 1. The average molecular weight is 430 g/mol. The molecule has 0 aliphatic rings. The molecule has 0 amide bonds. The predicted octanol–water partition coefficient (Wildman–Crippen LogP) is 3.75. The van der Waals surface area contributed by atoms with Crippen molar-refractivity contribution in [3.05, 3.63) is 93.8 Å². The molecule has 5 N–H and O–H groups in total. The molecule has 0 fully saturated rings. The molecule has 1 aromatic heterocycles. The van der Waals surface area contributed by atoms with Crippen molar-refractivity contribution in [1.29, 1.82) is 0 Å². The number of carbonyl (C=O) groups is 2. The number of nitrogens with two attached hydrogens (primary N) is 1. The maximum absolute atomic E-state index is 12.2. The minimum Gasteiger partial charge on any atom is -0.489 e. The van der Waals surface area contributed by atoms with E-state index in [0.29, 0.717) is 5.75 Å². The molecular weight excluding hydrogens is 412 g/mol. The van der Waals surface area contributed by atoms with Crippen molar-refractivity contribution in [3.63, 3.8) is 0 Å². The molecule has 4 aromatic rings. The summed E-state index contributed by atoms with van der Waals surface area (Å²) in [6.07, 6.45) is 0. The van der Waals surface area contributed by atoms with Gasteiger partial charge in [-0.2, -0.15) is 0 Å². The van der Waals surface area contributed by atoms with E-state index in [-0.39, 0.29) is 17.7 Å². The zero-order valence-corrected chi connectivity index (χ0v) is 16.7. The van der Waals surface area contributed by atoms with Crippen LogP contribution in [-0.2, 0) is 6.61 Å². The number of aromatic amines is 1. The summed E-state index contributed by atoms with van der Waals surface area (Å²) < 4.78 is 5.91. The highest BCUT2D eigenvalue weighted by atomic mass is 16.5. The molecule has 0 atom stereocenters. The van der Waals surface area contributed by atoms with Gasteiger partial charge in [-0.05, 0) is 34.0 Å². The Balaban J connectivity index is 1.76. The molecule has 0 saturated heterocycles. The summed E-state index contributed by atoms with van der Waals surface area (Å²) in [6.45, 7) is 0.236. The number of benzene rings is 3. The van der Waals surface area contributed by atoms with Gasteiger partial charge in [-0.25, -0.2) is 9.59 Å². The third kappa shape index (κ3) is 3.77. The number of ether oxygens (including phenoxy) is 1. The second-order valence-electron chi connectivity index (χ2n) is 7.06. The fraction of sp³-hybridized carbons (Fsp3) is 0.0417. The van der Waals surface area contributed by atoms with Crippen LogP contribution in [0.3, 0.4) is 0 Å². The fourth-order valence-electron chi connectivity index (χ4n) is 3.66. The Morgan fingerprint density at radius 3 is 2.34 bits per heavy atom. The van der Waals surface area contributed by atoms with Gasteiger partial charge in [0.05, 0.1) is 0 Å². The standard InChI is InChI=1S/C24H18N2O6/c25-21-19(23(28)29)18(20(24(30)31)22(27)26-21)14-7-4-9-16(11-14)32-12-15-8-3-6-13-5-1-2-10-17(13)15/h1-11H,12H2,(H,28,29)(H,30,31)(H3,25,26,27). The van der Waals surface area contributed by atoms with Gasteiger partial charge < -0.3 is 25.7 Å². The zero-order valence-electron chi connectivity index (χ0n) is 16.7. The molecule has 8 nitrogen and oxygen atoms in total. The maximum Gasteiger partial charge on any atom is 0.342 e. The van der Waals surface area contributed by atoms with E-state index in [1.165, 1.54) is 12.1 Å². The number of carboxylic acids is 2. The van der Waals surface area contributed by atoms with Gasteiger partial charge in [0.1, 0.15) is 29.3 Å². The second kappa shape index (κ2) is 8.27. The highest BCUT2D eigenvalue weighted by Gasteiger charge is 2.26. The number of anilines is 1. The maximum atomic E-state index is 12.2. The first-order chi connectivity index (χ1) is 15.4. The molecule has 8 heteroatoms. The summed E-state index contributed by atoms with van der Waals surface area (Å²) in [6, 6.07) is 20.0. The van der Waals surface area contributed by atoms with Crippen molar-refractivity contribution in [3.8, 4) is 16.9 Å². The molecule has 32 heavy (non-hydrogen) atoms. The summed E-state index contributed by atoms with van der Waals surface area (Å²) in [7, 11) is 0. The summed E-state index contributed by atoms with van der Waals surface area (Å²) in [5.74, 6) is -3.07. The average Bonchev–Trinajstić information content (AvgIpc) is 2.76. The first-order valence-corrected chi connectivity index (χ1v) is 9.59. The van der Waals surface area contributed by atoms with Crippen LogP contribution in [0, 0.1) is 0 Å². The van der Waals surface area contributed by atoms with Gasteiger partial charge in [-0.3, -0.25) is 4.79 Å². The van der Waals surface area contributed by atoms with Gasteiger partial charge in [-0.1, -0.05) is 54.6 Å². The number of pyridine rings is 1. The summed E-state index contributed by atoms with van der Waals surface area (Å²) in [4.78, 5) is 37.9. The lowest BCUT2D eigenvalue weighted by Crippen LogP contribution is -2.24. The van der Waals surface area contributed by atoms with E-state index in [4.69, 9.17) is 10.5 Å². The Labute approximate surface area is 181 Å². The molecule has 0 aliphatic heterocycles. The Morgan fingerprint density at radius 1 is 0.906 bits per heavy atom. The number of hydrogen-bond donors (Lipinski definition) is 4. The first-order valence-electron chi connectivity index (χ1n) is 9.59. The van der Waals surface area contributed by atoms with Crippen LogP contribution in [0.4, 0.5) is 5.82 Å². The first kappa shape index (κ1) is 20.7. The van der Waals surface area contributed by atoms with E-state index in [1.54, 1.807) is 12.1 Å². The van der Waals surface area contributed by atoms with E-state index in [2.05, 4.69) is 4.98 Å². The minimum atomic E-state index is -1.56. The van der Waals surface area contributed by atoms with Crippen molar-refractivity contribution in [2.24, 2.45) is 0 Å². The van der Waals surface area contributed by atoms with Gasteiger partial charge in [0, 0.05) is 5.56 Å². The molecule has 0 aliphatic carbocycles. The van der Waals surface area contributed by atoms with Gasteiger partial charge in [0.15, 0.2) is 0 Å². The lowest BCUT2D eigenvalue weighted by atomic mass is 9.95. The Bertz CT molecular complexity index is 1420. The topological polar surface area (TPSA) is 143 Å². The molecule has 0 unspecified atom stereocenters. The third-order valence-electron chi connectivity index (χ3n) is 5.07. The predicted molar refractivity (Wildman–Crippen MR) is 119 cm³/mol. The van der Waals surface area contributed by atoms with Crippen LogP contribution >= 0.6 is 0 Å². The van der Waals surface area contributed by atoms with Crippen LogP contribution in [0.2, 0.25) is 0 Å². The zero-order chi connectivity index (χ0) is 22.8. The van der Waals surface area contributed by atoms with E-state index < -0.39 is 34.4 Å². The van der Waals surface area contributed by atoms with Crippen LogP contribution in [-0.4, -0.2) is 27.1 Å².